The van der Waals surface area contributed by atoms with E-state index in [4.69, 9.17) is 0 Å². The highest BCUT2D eigenvalue weighted by molar-refractivity contribution is 6.11. The summed E-state index contributed by atoms with van der Waals surface area (Å²) < 4.78 is 0. The maximum Gasteiger partial charge on any atom is 0.336 e. The zero-order valence-electron chi connectivity index (χ0n) is 13.4. The van der Waals surface area contributed by atoms with Crippen LogP contribution in [0.15, 0.2) is 42.5 Å². The number of hydrogen-bond acceptors (Lipinski definition) is 1. The van der Waals surface area contributed by atoms with Gasteiger partial charge in [0.15, 0.2) is 0 Å². The van der Waals surface area contributed by atoms with Crippen LogP contribution >= 0.6 is 0 Å². The van der Waals surface area contributed by atoms with Crippen LogP contribution in [0, 0.1) is 6.92 Å². The topological polar surface area (TPSA) is 37.3 Å². The van der Waals surface area contributed by atoms with Crippen LogP contribution in [0.3, 0.4) is 0 Å². The Morgan fingerprint density at radius 3 is 2.09 bits per heavy atom. The standard InChI is InChI=1S/C20H20O2/c1-12-7-5-8-13-16(12)11-17-14(18(13)20(2,3)4)9-6-10-15(17)19(21)22/h5-11H,1-4H3,(H,21,22). The van der Waals surface area contributed by atoms with Crippen LogP contribution in [0.1, 0.15) is 42.3 Å². The summed E-state index contributed by atoms with van der Waals surface area (Å²) in [6.45, 7) is 8.61. The molecule has 0 bridgehead atoms. The van der Waals surface area contributed by atoms with Crippen molar-refractivity contribution < 1.29 is 9.90 Å². The first kappa shape index (κ1) is 14.6. The maximum atomic E-state index is 11.6. The van der Waals surface area contributed by atoms with Gasteiger partial charge in [-0.25, -0.2) is 4.79 Å². The molecule has 2 nitrogen and oxygen atoms in total. The van der Waals surface area contributed by atoms with Gasteiger partial charge in [0, 0.05) is 0 Å². The van der Waals surface area contributed by atoms with Gasteiger partial charge in [-0.3, -0.25) is 0 Å². The van der Waals surface area contributed by atoms with Gasteiger partial charge in [0.2, 0.25) is 0 Å². The Hall–Kier alpha value is -2.35. The number of aromatic carboxylic acids is 1. The average Bonchev–Trinajstić information content (AvgIpc) is 2.43. The number of carbonyl (C=O) groups is 1. The van der Waals surface area contributed by atoms with Crippen LogP contribution in [-0.4, -0.2) is 11.1 Å². The van der Waals surface area contributed by atoms with Crippen LogP contribution in [0.25, 0.3) is 21.5 Å². The molecule has 0 spiro atoms. The van der Waals surface area contributed by atoms with Crippen molar-refractivity contribution in [2.45, 2.75) is 33.1 Å². The van der Waals surface area contributed by atoms with Crippen molar-refractivity contribution >= 4 is 27.5 Å². The lowest BCUT2D eigenvalue weighted by molar-refractivity contribution is 0.0699. The largest absolute Gasteiger partial charge is 0.478 e. The molecule has 3 aromatic carbocycles. The molecule has 2 heteroatoms. The highest BCUT2D eigenvalue weighted by atomic mass is 16.4. The van der Waals surface area contributed by atoms with Gasteiger partial charge in [-0.05, 0) is 57.1 Å². The summed E-state index contributed by atoms with van der Waals surface area (Å²) in [5.41, 5.74) is 2.69. The summed E-state index contributed by atoms with van der Waals surface area (Å²) in [6, 6.07) is 13.9. The number of rotatable bonds is 1. The molecule has 0 aliphatic carbocycles. The first-order valence-electron chi connectivity index (χ1n) is 7.49. The number of fused-ring (bicyclic) bond motifs is 2. The molecule has 3 aromatic rings. The molecule has 0 saturated carbocycles. The summed E-state index contributed by atoms with van der Waals surface area (Å²) in [4.78, 5) is 11.6. The SMILES string of the molecule is Cc1cccc2c(C(C)(C)C)c3cccc(C(=O)O)c3cc12. The second kappa shape index (κ2) is 4.84. The molecule has 0 atom stereocenters. The number of benzene rings is 3. The third-order valence-electron chi connectivity index (χ3n) is 4.24. The van der Waals surface area contributed by atoms with Gasteiger partial charge in [0.05, 0.1) is 5.56 Å². The van der Waals surface area contributed by atoms with Crippen LogP contribution in [0.5, 0.6) is 0 Å². The van der Waals surface area contributed by atoms with E-state index < -0.39 is 5.97 Å². The van der Waals surface area contributed by atoms with E-state index in [1.807, 2.05) is 18.2 Å². The fourth-order valence-corrected chi connectivity index (χ4v) is 3.31. The molecule has 0 aliphatic rings. The minimum Gasteiger partial charge on any atom is -0.478 e. The van der Waals surface area contributed by atoms with Crippen LogP contribution in [0.2, 0.25) is 0 Å². The Kier molecular flexibility index (Phi) is 3.21. The van der Waals surface area contributed by atoms with Crippen molar-refractivity contribution in [2.24, 2.45) is 0 Å². The maximum absolute atomic E-state index is 11.6. The van der Waals surface area contributed by atoms with E-state index in [1.54, 1.807) is 6.07 Å². The van der Waals surface area contributed by atoms with Gasteiger partial charge in [-0.15, -0.1) is 0 Å². The summed E-state index contributed by atoms with van der Waals surface area (Å²) in [5.74, 6) is -0.876. The Bertz CT molecular complexity index is 899. The molecule has 0 radical (unpaired) electrons. The molecule has 3 rings (SSSR count). The van der Waals surface area contributed by atoms with Crippen LogP contribution in [0.4, 0.5) is 0 Å². The highest BCUT2D eigenvalue weighted by Crippen LogP contribution is 2.38. The quantitative estimate of drug-likeness (QED) is 0.618. The normalized spacial score (nSPS) is 12.0. The number of hydrogen-bond donors (Lipinski definition) is 1. The molecule has 22 heavy (non-hydrogen) atoms. The van der Waals surface area contributed by atoms with Gasteiger partial charge in [0.1, 0.15) is 0 Å². The van der Waals surface area contributed by atoms with E-state index in [0.29, 0.717) is 5.56 Å². The molecule has 0 amide bonds. The average molecular weight is 292 g/mol. The van der Waals surface area contributed by atoms with Crippen molar-refractivity contribution in [1.82, 2.24) is 0 Å². The lowest BCUT2D eigenvalue weighted by atomic mass is 9.79. The second-order valence-corrected chi connectivity index (χ2v) is 6.88. The molecular formula is C20H20O2. The fraction of sp³-hybridized carbons (Fsp3) is 0.250. The van der Waals surface area contributed by atoms with Gasteiger partial charge < -0.3 is 5.11 Å². The van der Waals surface area contributed by atoms with Crippen molar-refractivity contribution in [1.29, 1.82) is 0 Å². The van der Waals surface area contributed by atoms with E-state index in [2.05, 4.69) is 45.9 Å². The summed E-state index contributed by atoms with van der Waals surface area (Å²) in [5, 5.41) is 13.7. The first-order chi connectivity index (χ1) is 10.3. The molecule has 0 heterocycles. The summed E-state index contributed by atoms with van der Waals surface area (Å²) >= 11 is 0. The molecule has 0 fully saturated rings. The molecule has 0 aliphatic heterocycles. The minimum absolute atomic E-state index is 0.0668. The second-order valence-electron chi connectivity index (χ2n) is 6.88. The monoisotopic (exact) mass is 292 g/mol. The third-order valence-corrected chi connectivity index (χ3v) is 4.24. The molecule has 112 valence electrons. The number of aryl methyl sites for hydroxylation is 1. The Labute approximate surface area is 130 Å². The Balaban J connectivity index is 2.63. The summed E-state index contributed by atoms with van der Waals surface area (Å²) in [7, 11) is 0. The number of carboxylic acids is 1. The van der Waals surface area contributed by atoms with E-state index in [9.17, 15) is 9.90 Å². The smallest absolute Gasteiger partial charge is 0.336 e. The predicted octanol–water partition coefficient (Wildman–Crippen LogP) is 5.30. The van der Waals surface area contributed by atoms with E-state index in [-0.39, 0.29) is 5.41 Å². The Morgan fingerprint density at radius 1 is 0.909 bits per heavy atom. The van der Waals surface area contributed by atoms with Crippen molar-refractivity contribution in [2.75, 3.05) is 0 Å². The molecule has 0 saturated heterocycles. The van der Waals surface area contributed by atoms with Gasteiger partial charge in [0.25, 0.3) is 0 Å². The van der Waals surface area contributed by atoms with E-state index in [0.717, 1.165) is 16.2 Å². The van der Waals surface area contributed by atoms with Gasteiger partial charge >= 0.3 is 5.97 Å². The van der Waals surface area contributed by atoms with Crippen molar-refractivity contribution in [3.05, 3.63) is 59.2 Å². The lowest BCUT2D eigenvalue weighted by Crippen LogP contribution is -2.13. The van der Waals surface area contributed by atoms with Crippen LogP contribution < -0.4 is 0 Å². The third kappa shape index (κ3) is 2.16. The minimum atomic E-state index is -0.876. The van der Waals surface area contributed by atoms with E-state index >= 15 is 0 Å². The lowest BCUT2D eigenvalue weighted by Gasteiger charge is -2.25. The molecule has 0 aromatic heterocycles. The molecular weight excluding hydrogens is 272 g/mol. The van der Waals surface area contributed by atoms with Gasteiger partial charge in [-0.2, -0.15) is 0 Å². The van der Waals surface area contributed by atoms with Crippen molar-refractivity contribution in [3.8, 4) is 0 Å². The molecule has 0 unspecified atom stereocenters. The number of carboxylic acid groups (broad SMARTS) is 1. The zero-order chi connectivity index (χ0) is 16.1. The highest BCUT2D eigenvalue weighted by Gasteiger charge is 2.22. The van der Waals surface area contributed by atoms with E-state index in [1.165, 1.54) is 16.5 Å². The summed E-state index contributed by atoms with van der Waals surface area (Å²) in [6.07, 6.45) is 0. The fourth-order valence-electron chi connectivity index (χ4n) is 3.31. The predicted molar refractivity (Wildman–Crippen MR) is 91.9 cm³/mol. The zero-order valence-corrected chi connectivity index (χ0v) is 13.4. The van der Waals surface area contributed by atoms with Gasteiger partial charge in [-0.1, -0.05) is 51.1 Å². The van der Waals surface area contributed by atoms with Crippen molar-refractivity contribution in [3.63, 3.8) is 0 Å². The van der Waals surface area contributed by atoms with Crippen LogP contribution in [-0.2, 0) is 5.41 Å². The Morgan fingerprint density at radius 2 is 1.50 bits per heavy atom. The molecule has 1 N–H and O–H groups in total. The first-order valence-corrected chi connectivity index (χ1v) is 7.49.